The normalized spacial score (nSPS) is 22.9. The molecule has 0 radical (unpaired) electrons. The molecule has 0 spiro atoms. The van der Waals surface area contributed by atoms with Crippen LogP contribution in [0, 0.1) is 5.41 Å². The second-order valence-electron chi connectivity index (χ2n) is 6.76. The molecule has 5 heteroatoms. The predicted octanol–water partition coefficient (Wildman–Crippen LogP) is 1.72. The van der Waals surface area contributed by atoms with Crippen molar-refractivity contribution in [1.82, 2.24) is 5.32 Å². The van der Waals surface area contributed by atoms with Gasteiger partial charge in [0, 0.05) is 37.4 Å². The Kier molecular flexibility index (Phi) is 4.99. The highest BCUT2D eigenvalue weighted by Gasteiger charge is 2.38. The van der Waals surface area contributed by atoms with E-state index in [1.807, 2.05) is 38.1 Å². The lowest BCUT2D eigenvalue weighted by atomic mass is 9.78. The molecule has 2 heterocycles. The highest BCUT2D eigenvalue weighted by Crippen LogP contribution is 2.30. The molecule has 5 nitrogen and oxygen atoms in total. The van der Waals surface area contributed by atoms with Crippen LogP contribution in [-0.4, -0.2) is 57.9 Å². The third-order valence-electron chi connectivity index (χ3n) is 4.82. The lowest BCUT2D eigenvalue weighted by Crippen LogP contribution is -2.49. The lowest BCUT2D eigenvalue weighted by molar-refractivity contribution is -0.0324. The summed E-state index contributed by atoms with van der Waals surface area (Å²) < 4.78 is 11.2. The maximum atomic E-state index is 12.9. The summed E-state index contributed by atoms with van der Waals surface area (Å²) in [6.45, 7) is 9.53. The van der Waals surface area contributed by atoms with Gasteiger partial charge in [-0.15, -0.1) is 0 Å². The minimum Gasteiger partial charge on any atom is -0.378 e. The number of nitrogens with zero attached hydrogens (tertiary/aromatic N) is 1. The van der Waals surface area contributed by atoms with Gasteiger partial charge in [0.2, 0.25) is 0 Å². The predicted molar refractivity (Wildman–Crippen MR) is 90.2 cm³/mol. The van der Waals surface area contributed by atoms with Crippen LogP contribution >= 0.6 is 0 Å². The van der Waals surface area contributed by atoms with E-state index in [1.54, 1.807) is 0 Å². The molecule has 23 heavy (non-hydrogen) atoms. The molecule has 3 rings (SSSR count). The summed E-state index contributed by atoms with van der Waals surface area (Å²) in [7, 11) is 0. The van der Waals surface area contributed by atoms with Crippen LogP contribution in [0.4, 0.5) is 5.69 Å². The quantitative estimate of drug-likeness (QED) is 0.857. The zero-order valence-electron chi connectivity index (χ0n) is 14.0. The first-order valence-electron chi connectivity index (χ1n) is 8.39. The molecular formula is C18H26N2O3. The van der Waals surface area contributed by atoms with Gasteiger partial charge in [-0.25, -0.2) is 0 Å². The first-order chi connectivity index (χ1) is 11.1. The summed E-state index contributed by atoms with van der Waals surface area (Å²) >= 11 is 0. The number of ketones is 1. The number of hydrogen-bond donors (Lipinski definition) is 1. The Labute approximate surface area is 137 Å². The molecule has 2 aliphatic heterocycles. The van der Waals surface area contributed by atoms with Crippen LogP contribution in [-0.2, 0) is 9.47 Å². The van der Waals surface area contributed by atoms with Crippen LogP contribution in [0.2, 0.25) is 0 Å². The molecule has 1 atom stereocenters. The van der Waals surface area contributed by atoms with Crippen molar-refractivity contribution >= 4 is 11.5 Å². The fraction of sp³-hybridized carbons (Fsp3) is 0.611. The molecule has 1 aromatic carbocycles. The van der Waals surface area contributed by atoms with E-state index in [9.17, 15) is 4.79 Å². The molecule has 0 bridgehead atoms. The van der Waals surface area contributed by atoms with Crippen molar-refractivity contribution in [3.63, 3.8) is 0 Å². The van der Waals surface area contributed by atoms with Crippen LogP contribution in [0.15, 0.2) is 24.3 Å². The summed E-state index contributed by atoms with van der Waals surface area (Å²) in [5, 5.41) is 3.30. The SMILES string of the molecule is CC(C)(C(=O)c1ccc(N2CCOCC2)cc1)C1CNCCO1. The highest BCUT2D eigenvalue weighted by molar-refractivity contribution is 6.00. The average Bonchev–Trinajstić information content (AvgIpc) is 2.63. The van der Waals surface area contributed by atoms with Crippen molar-refractivity contribution in [1.29, 1.82) is 0 Å². The van der Waals surface area contributed by atoms with E-state index >= 15 is 0 Å². The summed E-state index contributed by atoms with van der Waals surface area (Å²) in [6, 6.07) is 7.94. The van der Waals surface area contributed by atoms with Crippen molar-refractivity contribution in [2.45, 2.75) is 20.0 Å². The third-order valence-corrected chi connectivity index (χ3v) is 4.82. The van der Waals surface area contributed by atoms with Gasteiger partial charge in [-0.1, -0.05) is 0 Å². The smallest absolute Gasteiger partial charge is 0.171 e. The number of nitrogens with one attached hydrogen (secondary N) is 1. The fourth-order valence-corrected chi connectivity index (χ4v) is 3.19. The number of hydrogen-bond acceptors (Lipinski definition) is 5. The summed E-state index contributed by atoms with van der Waals surface area (Å²) in [6.07, 6.45) is -0.0809. The van der Waals surface area contributed by atoms with E-state index in [-0.39, 0.29) is 11.9 Å². The lowest BCUT2D eigenvalue weighted by Gasteiger charge is -2.36. The van der Waals surface area contributed by atoms with Crippen molar-refractivity contribution in [3.8, 4) is 0 Å². The first-order valence-corrected chi connectivity index (χ1v) is 8.39. The Morgan fingerprint density at radius 2 is 1.87 bits per heavy atom. The summed E-state index contributed by atoms with van der Waals surface area (Å²) in [4.78, 5) is 15.2. The zero-order chi connectivity index (χ0) is 16.3. The molecule has 1 aromatic rings. The van der Waals surface area contributed by atoms with E-state index in [4.69, 9.17) is 9.47 Å². The molecule has 0 amide bonds. The largest absolute Gasteiger partial charge is 0.378 e. The van der Waals surface area contributed by atoms with Gasteiger partial charge in [-0.3, -0.25) is 4.79 Å². The number of rotatable bonds is 4. The van der Waals surface area contributed by atoms with Crippen LogP contribution in [0.1, 0.15) is 24.2 Å². The minimum absolute atomic E-state index is 0.0809. The van der Waals surface area contributed by atoms with Gasteiger partial charge in [-0.05, 0) is 38.1 Å². The Hall–Kier alpha value is -1.43. The van der Waals surface area contributed by atoms with Gasteiger partial charge in [0.05, 0.1) is 31.3 Å². The first kappa shape index (κ1) is 16.4. The standard InChI is InChI=1S/C18H26N2O3/c1-18(2,16-13-19-7-10-23-16)17(21)14-3-5-15(6-4-14)20-8-11-22-12-9-20/h3-6,16,19H,7-13H2,1-2H3. The van der Waals surface area contributed by atoms with Gasteiger partial charge in [0.15, 0.2) is 5.78 Å². The Bertz CT molecular complexity index is 530. The number of ether oxygens (including phenoxy) is 2. The number of carbonyl (C=O) groups excluding carboxylic acids is 1. The van der Waals surface area contributed by atoms with Gasteiger partial charge < -0.3 is 19.7 Å². The molecule has 2 aliphatic rings. The van der Waals surface area contributed by atoms with E-state index in [0.717, 1.165) is 50.6 Å². The van der Waals surface area contributed by atoms with E-state index in [0.29, 0.717) is 6.61 Å². The van der Waals surface area contributed by atoms with Crippen LogP contribution in [0.25, 0.3) is 0 Å². The second kappa shape index (κ2) is 6.99. The minimum atomic E-state index is -0.534. The van der Waals surface area contributed by atoms with E-state index < -0.39 is 5.41 Å². The van der Waals surface area contributed by atoms with Crippen molar-refractivity contribution in [2.24, 2.45) is 5.41 Å². The molecule has 1 N–H and O–H groups in total. The molecule has 0 aliphatic carbocycles. The molecule has 0 aromatic heterocycles. The van der Waals surface area contributed by atoms with Gasteiger partial charge in [-0.2, -0.15) is 0 Å². The van der Waals surface area contributed by atoms with Crippen molar-refractivity contribution in [3.05, 3.63) is 29.8 Å². The second-order valence-corrected chi connectivity index (χ2v) is 6.76. The van der Waals surface area contributed by atoms with Gasteiger partial charge >= 0.3 is 0 Å². The molecule has 1 unspecified atom stereocenters. The van der Waals surface area contributed by atoms with Crippen molar-refractivity contribution in [2.75, 3.05) is 50.9 Å². The van der Waals surface area contributed by atoms with Gasteiger partial charge in [0.1, 0.15) is 0 Å². The summed E-state index contributed by atoms with van der Waals surface area (Å²) in [5.74, 6) is 0.139. The summed E-state index contributed by atoms with van der Waals surface area (Å²) in [5.41, 5.74) is 1.37. The molecule has 2 fully saturated rings. The number of Topliss-reactive ketones (excluding diaryl/α,β-unsaturated/α-hetero) is 1. The van der Waals surface area contributed by atoms with Crippen LogP contribution in [0.3, 0.4) is 0 Å². The maximum Gasteiger partial charge on any atom is 0.171 e. The Balaban J connectivity index is 1.71. The van der Waals surface area contributed by atoms with Gasteiger partial charge in [0.25, 0.3) is 0 Å². The zero-order valence-corrected chi connectivity index (χ0v) is 14.0. The fourth-order valence-electron chi connectivity index (χ4n) is 3.19. The van der Waals surface area contributed by atoms with Crippen LogP contribution in [0.5, 0.6) is 0 Å². The van der Waals surface area contributed by atoms with Crippen LogP contribution < -0.4 is 10.2 Å². The topological polar surface area (TPSA) is 50.8 Å². The number of anilines is 1. The van der Waals surface area contributed by atoms with E-state index in [2.05, 4.69) is 10.2 Å². The molecular weight excluding hydrogens is 292 g/mol. The van der Waals surface area contributed by atoms with Crippen molar-refractivity contribution < 1.29 is 14.3 Å². The number of benzene rings is 1. The molecule has 2 saturated heterocycles. The average molecular weight is 318 g/mol. The maximum absolute atomic E-state index is 12.9. The highest BCUT2D eigenvalue weighted by atomic mass is 16.5. The number of morpholine rings is 2. The molecule has 0 saturated carbocycles. The monoisotopic (exact) mass is 318 g/mol. The molecule has 126 valence electrons. The van der Waals surface area contributed by atoms with E-state index in [1.165, 1.54) is 0 Å². The Morgan fingerprint density at radius 3 is 2.48 bits per heavy atom. The Morgan fingerprint density at radius 1 is 1.17 bits per heavy atom. The third kappa shape index (κ3) is 3.57. The number of carbonyl (C=O) groups is 1.